The largest absolute Gasteiger partial charge is 0.481 e. The number of benzene rings is 2. The van der Waals surface area contributed by atoms with Gasteiger partial charge in [0.05, 0.1) is 12.5 Å². The molecule has 1 amide bonds. The molecular formula is C19H21NO3. The molecule has 1 atom stereocenters. The Morgan fingerprint density at radius 3 is 2.22 bits per heavy atom. The van der Waals surface area contributed by atoms with Gasteiger partial charge in [0.15, 0.2) is 0 Å². The summed E-state index contributed by atoms with van der Waals surface area (Å²) in [5.41, 5.74) is 4.33. The van der Waals surface area contributed by atoms with Crippen LogP contribution in [0.25, 0.3) is 0 Å². The molecule has 0 saturated heterocycles. The second-order valence-electron chi connectivity index (χ2n) is 5.86. The molecule has 0 aliphatic carbocycles. The van der Waals surface area contributed by atoms with Gasteiger partial charge in [0, 0.05) is 5.56 Å². The number of carbonyl (C=O) groups is 2. The summed E-state index contributed by atoms with van der Waals surface area (Å²) >= 11 is 0. The third-order valence-corrected chi connectivity index (χ3v) is 3.73. The van der Waals surface area contributed by atoms with Gasteiger partial charge in [-0.15, -0.1) is 0 Å². The van der Waals surface area contributed by atoms with Gasteiger partial charge in [0.2, 0.25) is 0 Å². The predicted molar refractivity (Wildman–Crippen MR) is 89.6 cm³/mol. The Labute approximate surface area is 136 Å². The fraction of sp³-hybridized carbons (Fsp3) is 0.263. The third-order valence-electron chi connectivity index (χ3n) is 3.73. The number of amides is 1. The topological polar surface area (TPSA) is 66.4 Å². The molecule has 0 fully saturated rings. The van der Waals surface area contributed by atoms with Crippen molar-refractivity contribution in [3.05, 3.63) is 70.3 Å². The highest BCUT2D eigenvalue weighted by Crippen LogP contribution is 2.21. The van der Waals surface area contributed by atoms with E-state index in [0.29, 0.717) is 5.56 Å². The number of carboxylic acids is 1. The van der Waals surface area contributed by atoms with Crippen molar-refractivity contribution in [1.29, 1.82) is 0 Å². The van der Waals surface area contributed by atoms with E-state index in [1.165, 1.54) is 0 Å². The van der Waals surface area contributed by atoms with Gasteiger partial charge in [-0.05, 0) is 44.0 Å². The lowest BCUT2D eigenvalue weighted by Crippen LogP contribution is -2.30. The van der Waals surface area contributed by atoms with Crippen molar-refractivity contribution < 1.29 is 14.7 Å². The summed E-state index contributed by atoms with van der Waals surface area (Å²) in [5, 5.41) is 12.0. The molecule has 2 aromatic rings. The first-order valence-corrected chi connectivity index (χ1v) is 7.53. The van der Waals surface area contributed by atoms with Gasteiger partial charge in [0.25, 0.3) is 5.91 Å². The van der Waals surface area contributed by atoms with Crippen LogP contribution in [-0.2, 0) is 4.79 Å². The number of aliphatic carboxylic acids is 1. The number of hydrogen-bond donors (Lipinski definition) is 2. The smallest absolute Gasteiger partial charge is 0.305 e. The Morgan fingerprint density at radius 1 is 1.04 bits per heavy atom. The summed E-state index contributed by atoms with van der Waals surface area (Å²) in [6.45, 7) is 5.77. The van der Waals surface area contributed by atoms with Gasteiger partial charge in [-0.1, -0.05) is 41.5 Å². The van der Waals surface area contributed by atoms with Crippen LogP contribution in [0.5, 0.6) is 0 Å². The second-order valence-corrected chi connectivity index (χ2v) is 5.86. The molecule has 0 spiro atoms. The highest BCUT2D eigenvalue weighted by molar-refractivity contribution is 5.95. The van der Waals surface area contributed by atoms with E-state index in [9.17, 15) is 9.59 Å². The standard InChI is InChI=1S/C19H21NO3/c1-12-8-13(2)10-15(9-12)19(23)20-17(11-18(21)22)16-7-5-4-6-14(16)3/h4-10,17H,11H2,1-3H3,(H,20,23)(H,21,22). The van der Waals surface area contributed by atoms with Gasteiger partial charge in [-0.2, -0.15) is 0 Å². The minimum Gasteiger partial charge on any atom is -0.481 e. The number of aryl methyl sites for hydroxylation is 3. The van der Waals surface area contributed by atoms with Crippen molar-refractivity contribution in [2.24, 2.45) is 0 Å². The van der Waals surface area contributed by atoms with E-state index in [-0.39, 0.29) is 12.3 Å². The number of hydrogen-bond acceptors (Lipinski definition) is 2. The van der Waals surface area contributed by atoms with E-state index in [1.54, 1.807) is 12.1 Å². The van der Waals surface area contributed by atoms with Crippen LogP contribution < -0.4 is 5.32 Å². The molecule has 0 saturated carbocycles. The Balaban J connectivity index is 2.29. The van der Waals surface area contributed by atoms with Gasteiger partial charge in [-0.25, -0.2) is 0 Å². The number of carboxylic acid groups (broad SMARTS) is 1. The van der Waals surface area contributed by atoms with Crippen molar-refractivity contribution >= 4 is 11.9 Å². The van der Waals surface area contributed by atoms with Crippen LogP contribution in [0, 0.1) is 20.8 Å². The van der Waals surface area contributed by atoms with Crippen molar-refractivity contribution in [2.45, 2.75) is 33.2 Å². The molecule has 23 heavy (non-hydrogen) atoms. The van der Waals surface area contributed by atoms with Crippen LogP contribution in [0.3, 0.4) is 0 Å². The molecule has 1 unspecified atom stereocenters. The van der Waals surface area contributed by atoms with E-state index in [4.69, 9.17) is 5.11 Å². The molecule has 0 bridgehead atoms. The third kappa shape index (κ3) is 4.42. The summed E-state index contributed by atoms with van der Waals surface area (Å²) in [4.78, 5) is 23.7. The maximum Gasteiger partial charge on any atom is 0.305 e. The highest BCUT2D eigenvalue weighted by atomic mass is 16.4. The van der Waals surface area contributed by atoms with E-state index < -0.39 is 12.0 Å². The number of nitrogens with one attached hydrogen (secondary N) is 1. The molecule has 2 aromatic carbocycles. The lowest BCUT2D eigenvalue weighted by molar-refractivity contribution is -0.137. The summed E-state index contributed by atoms with van der Waals surface area (Å²) in [7, 11) is 0. The Kier molecular flexibility index (Phi) is 5.16. The van der Waals surface area contributed by atoms with Crippen LogP contribution in [0.15, 0.2) is 42.5 Å². The van der Waals surface area contributed by atoms with Gasteiger partial charge >= 0.3 is 5.97 Å². The zero-order valence-corrected chi connectivity index (χ0v) is 13.6. The number of rotatable bonds is 5. The monoisotopic (exact) mass is 311 g/mol. The molecule has 0 aliphatic rings. The van der Waals surface area contributed by atoms with Crippen molar-refractivity contribution in [3.8, 4) is 0 Å². The average molecular weight is 311 g/mol. The molecule has 0 heterocycles. The minimum absolute atomic E-state index is 0.151. The van der Waals surface area contributed by atoms with Gasteiger partial charge < -0.3 is 10.4 Å². The van der Waals surface area contributed by atoms with Gasteiger partial charge in [0.1, 0.15) is 0 Å². The Morgan fingerprint density at radius 2 is 1.65 bits per heavy atom. The molecule has 120 valence electrons. The Hall–Kier alpha value is -2.62. The first kappa shape index (κ1) is 16.7. The van der Waals surface area contributed by atoms with Crippen LogP contribution in [0.4, 0.5) is 0 Å². The fourth-order valence-electron chi connectivity index (χ4n) is 2.74. The van der Waals surface area contributed by atoms with Gasteiger partial charge in [-0.3, -0.25) is 9.59 Å². The average Bonchev–Trinajstić information content (AvgIpc) is 2.45. The maximum absolute atomic E-state index is 12.5. The SMILES string of the molecule is Cc1cc(C)cc(C(=O)NC(CC(=O)O)c2ccccc2C)c1. The summed E-state index contributed by atoms with van der Waals surface area (Å²) in [6, 6.07) is 12.5. The van der Waals surface area contributed by atoms with E-state index in [2.05, 4.69) is 5.32 Å². The van der Waals surface area contributed by atoms with E-state index in [0.717, 1.165) is 22.3 Å². The lowest BCUT2D eigenvalue weighted by atomic mass is 9.98. The lowest BCUT2D eigenvalue weighted by Gasteiger charge is -2.19. The quantitative estimate of drug-likeness (QED) is 0.887. The van der Waals surface area contributed by atoms with Crippen LogP contribution in [0.2, 0.25) is 0 Å². The number of carbonyl (C=O) groups excluding carboxylic acids is 1. The summed E-state index contributed by atoms with van der Waals surface area (Å²) in [6.07, 6.45) is -0.151. The zero-order valence-electron chi connectivity index (χ0n) is 13.6. The molecule has 4 heteroatoms. The zero-order chi connectivity index (χ0) is 17.0. The van der Waals surface area contributed by atoms with Crippen molar-refractivity contribution in [1.82, 2.24) is 5.32 Å². The first-order valence-electron chi connectivity index (χ1n) is 7.53. The van der Waals surface area contributed by atoms with Crippen LogP contribution >= 0.6 is 0 Å². The van der Waals surface area contributed by atoms with E-state index in [1.807, 2.05) is 51.1 Å². The second kappa shape index (κ2) is 7.09. The normalized spacial score (nSPS) is 11.8. The van der Waals surface area contributed by atoms with E-state index >= 15 is 0 Å². The minimum atomic E-state index is -0.945. The Bertz CT molecular complexity index is 717. The molecule has 0 aliphatic heterocycles. The summed E-state index contributed by atoms with van der Waals surface area (Å²) in [5.74, 6) is -1.20. The molecule has 2 rings (SSSR count). The molecule has 0 radical (unpaired) electrons. The molecule has 2 N–H and O–H groups in total. The van der Waals surface area contributed by atoms with Crippen LogP contribution in [-0.4, -0.2) is 17.0 Å². The first-order chi connectivity index (χ1) is 10.9. The molecular weight excluding hydrogens is 290 g/mol. The van der Waals surface area contributed by atoms with Crippen LogP contribution in [0.1, 0.15) is 45.1 Å². The molecule has 0 aromatic heterocycles. The maximum atomic E-state index is 12.5. The summed E-state index contributed by atoms with van der Waals surface area (Å²) < 4.78 is 0. The molecule has 4 nitrogen and oxygen atoms in total. The highest BCUT2D eigenvalue weighted by Gasteiger charge is 2.20. The fourth-order valence-corrected chi connectivity index (χ4v) is 2.74. The predicted octanol–water partition coefficient (Wildman–Crippen LogP) is 3.56. The van der Waals surface area contributed by atoms with Crippen molar-refractivity contribution in [2.75, 3.05) is 0 Å². The van der Waals surface area contributed by atoms with Crippen molar-refractivity contribution in [3.63, 3.8) is 0 Å².